The Morgan fingerprint density at radius 3 is 2.35 bits per heavy atom. The van der Waals surface area contributed by atoms with Crippen molar-refractivity contribution in [2.45, 2.75) is 6.18 Å². The molecule has 9 heteroatoms. The van der Waals surface area contributed by atoms with Crippen molar-refractivity contribution >= 4 is 16.9 Å². The summed E-state index contributed by atoms with van der Waals surface area (Å²) in [6, 6.07) is 5.11. The van der Waals surface area contributed by atoms with Gasteiger partial charge >= 0.3 is 12.1 Å². The molecule has 26 heavy (non-hydrogen) atoms. The highest BCUT2D eigenvalue weighted by atomic mass is 19.4. The fraction of sp³-hybridized carbons (Fsp3) is 0.0588. The third kappa shape index (κ3) is 2.87. The van der Waals surface area contributed by atoms with Crippen LogP contribution in [0.3, 0.4) is 0 Å². The Balaban J connectivity index is 2.42. The first-order valence-corrected chi connectivity index (χ1v) is 7.00. The van der Waals surface area contributed by atoms with Crippen LogP contribution in [0.5, 0.6) is 5.75 Å². The first kappa shape index (κ1) is 17.5. The summed E-state index contributed by atoms with van der Waals surface area (Å²) in [5.74, 6) is -4.96. The largest absolute Gasteiger partial charge is 0.508 e. The monoisotopic (exact) mass is 368 g/mol. The van der Waals surface area contributed by atoms with Crippen LogP contribution >= 0.6 is 0 Å². The molecule has 0 saturated heterocycles. The zero-order valence-electron chi connectivity index (χ0n) is 12.6. The summed E-state index contributed by atoms with van der Waals surface area (Å²) in [6.45, 7) is 0. The summed E-state index contributed by atoms with van der Waals surface area (Å²) < 4.78 is 59.1. The molecule has 0 saturated carbocycles. The number of carboxylic acids is 1. The van der Waals surface area contributed by atoms with E-state index in [-0.39, 0.29) is 5.39 Å². The van der Waals surface area contributed by atoms with Crippen molar-refractivity contribution in [2.24, 2.45) is 0 Å². The van der Waals surface area contributed by atoms with Crippen LogP contribution in [0, 0.1) is 5.82 Å². The number of phenols is 1. The van der Waals surface area contributed by atoms with Crippen molar-refractivity contribution < 1.29 is 37.0 Å². The highest BCUT2D eigenvalue weighted by Gasteiger charge is 2.40. The highest BCUT2D eigenvalue weighted by Crippen LogP contribution is 2.38. The van der Waals surface area contributed by atoms with Crippen molar-refractivity contribution in [2.75, 3.05) is 0 Å². The first-order valence-electron chi connectivity index (χ1n) is 7.00. The number of halogens is 4. The molecule has 0 spiro atoms. The molecule has 3 rings (SSSR count). The molecule has 1 heterocycles. The Kier molecular flexibility index (Phi) is 3.94. The lowest BCUT2D eigenvalue weighted by atomic mass is 9.99. The normalized spacial score (nSPS) is 11.7. The number of carboxylic acid groups (broad SMARTS) is 1. The lowest BCUT2D eigenvalue weighted by molar-refractivity contribution is -0.152. The van der Waals surface area contributed by atoms with E-state index in [9.17, 15) is 32.3 Å². The molecule has 2 aromatic carbocycles. The van der Waals surface area contributed by atoms with Gasteiger partial charge in [0.2, 0.25) is 11.2 Å². The number of alkyl halides is 3. The van der Waals surface area contributed by atoms with Crippen LogP contribution in [0.4, 0.5) is 17.6 Å². The second-order valence-electron chi connectivity index (χ2n) is 5.31. The van der Waals surface area contributed by atoms with Gasteiger partial charge in [0.05, 0.1) is 16.5 Å². The second-order valence-corrected chi connectivity index (χ2v) is 5.31. The fourth-order valence-electron chi connectivity index (χ4n) is 2.48. The van der Waals surface area contributed by atoms with Gasteiger partial charge in [0, 0.05) is 11.6 Å². The molecule has 134 valence electrons. The van der Waals surface area contributed by atoms with Crippen LogP contribution in [-0.2, 0) is 6.18 Å². The number of hydrogen-bond donors (Lipinski definition) is 2. The molecular weight excluding hydrogens is 360 g/mol. The van der Waals surface area contributed by atoms with E-state index >= 15 is 0 Å². The molecule has 0 atom stereocenters. The Labute approximate surface area is 141 Å². The van der Waals surface area contributed by atoms with Crippen molar-refractivity contribution in [3.63, 3.8) is 0 Å². The number of hydrogen-bond acceptors (Lipinski definition) is 4. The van der Waals surface area contributed by atoms with Gasteiger partial charge < -0.3 is 14.6 Å². The van der Waals surface area contributed by atoms with Gasteiger partial charge in [-0.1, -0.05) is 6.07 Å². The number of phenolic OH excluding ortho intramolecular Hbond substituents is 1. The van der Waals surface area contributed by atoms with Crippen LogP contribution in [0.2, 0.25) is 0 Å². The minimum absolute atomic E-state index is 0.299. The number of aromatic hydroxyl groups is 1. The number of carbonyl (C=O) groups is 1. The van der Waals surface area contributed by atoms with Gasteiger partial charge in [0.25, 0.3) is 0 Å². The van der Waals surface area contributed by atoms with Gasteiger partial charge in [-0.25, -0.2) is 9.18 Å². The molecule has 0 fully saturated rings. The Morgan fingerprint density at radius 2 is 1.77 bits per heavy atom. The van der Waals surface area contributed by atoms with E-state index in [2.05, 4.69) is 0 Å². The zero-order chi connectivity index (χ0) is 19.2. The number of rotatable bonds is 2. The van der Waals surface area contributed by atoms with Crippen molar-refractivity contribution in [1.82, 2.24) is 0 Å². The van der Waals surface area contributed by atoms with Crippen LogP contribution < -0.4 is 5.43 Å². The van der Waals surface area contributed by atoms with Gasteiger partial charge in [-0.2, -0.15) is 13.2 Å². The van der Waals surface area contributed by atoms with E-state index in [1.165, 1.54) is 0 Å². The highest BCUT2D eigenvalue weighted by molar-refractivity contribution is 5.89. The van der Waals surface area contributed by atoms with Crippen molar-refractivity contribution in [1.29, 1.82) is 0 Å². The first-order chi connectivity index (χ1) is 12.1. The fourth-order valence-corrected chi connectivity index (χ4v) is 2.48. The smallest absolute Gasteiger partial charge is 0.450 e. The summed E-state index contributed by atoms with van der Waals surface area (Å²) in [5.41, 5.74) is -4.00. The van der Waals surface area contributed by atoms with Crippen LogP contribution in [0.25, 0.3) is 22.1 Å². The SMILES string of the molecule is O=C(O)c1ccc(-c2c(C(F)(F)F)oc3cc(O)ccc3c2=O)c(F)c1. The summed E-state index contributed by atoms with van der Waals surface area (Å²) in [6.07, 6.45) is -5.13. The summed E-state index contributed by atoms with van der Waals surface area (Å²) >= 11 is 0. The molecule has 0 amide bonds. The van der Waals surface area contributed by atoms with Gasteiger partial charge in [0.1, 0.15) is 17.1 Å². The predicted molar refractivity (Wildman–Crippen MR) is 81.5 cm³/mol. The topological polar surface area (TPSA) is 87.7 Å². The molecule has 5 nitrogen and oxygen atoms in total. The van der Waals surface area contributed by atoms with Crippen LogP contribution in [0.15, 0.2) is 45.6 Å². The number of aromatic carboxylic acids is 1. The summed E-state index contributed by atoms with van der Waals surface area (Å²) in [7, 11) is 0. The molecule has 0 unspecified atom stereocenters. The molecular formula is C17H8F4O5. The predicted octanol–water partition coefficient (Wildman–Crippen LogP) is 4.02. The Morgan fingerprint density at radius 1 is 1.08 bits per heavy atom. The van der Waals surface area contributed by atoms with Crippen molar-refractivity contribution in [3.8, 4) is 16.9 Å². The number of fused-ring (bicyclic) bond motifs is 1. The van der Waals surface area contributed by atoms with Crippen LogP contribution in [0.1, 0.15) is 16.1 Å². The summed E-state index contributed by atoms with van der Waals surface area (Å²) in [4.78, 5) is 23.4. The van der Waals surface area contributed by atoms with E-state index in [0.29, 0.717) is 6.07 Å². The molecule has 3 aromatic rings. The second kappa shape index (κ2) is 5.87. The Hall–Kier alpha value is -3.36. The molecule has 1 aromatic heterocycles. The van der Waals surface area contributed by atoms with E-state index in [1.807, 2.05) is 0 Å². The van der Waals surface area contributed by atoms with E-state index < -0.39 is 57.2 Å². The lowest BCUT2D eigenvalue weighted by Gasteiger charge is -2.13. The molecule has 0 aliphatic carbocycles. The molecule has 0 bridgehead atoms. The van der Waals surface area contributed by atoms with E-state index in [1.54, 1.807) is 0 Å². The maximum atomic E-state index is 14.3. The molecule has 2 N–H and O–H groups in total. The third-order valence-electron chi connectivity index (χ3n) is 3.62. The van der Waals surface area contributed by atoms with E-state index in [0.717, 1.165) is 30.3 Å². The molecule has 0 aliphatic heterocycles. The maximum Gasteiger partial charge on any atom is 0.450 e. The Bertz CT molecular complexity index is 1100. The minimum atomic E-state index is -5.13. The van der Waals surface area contributed by atoms with Gasteiger partial charge in [0.15, 0.2) is 0 Å². The quantitative estimate of drug-likeness (QED) is 0.667. The lowest BCUT2D eigenvalue weighted by Crippen LogP contribution is -2.16. The zero-order valence-corrected chi connectivity index (χ0v) is 12.6. The average molecular weight is 368 g/mol. The van der Waals surface area contributed by atoms with Crippen molar-refractivity contribution in [3.05, 3.63) is 63.8 Å². The van der Waals surface area contributed by atoms with Gasteiger partial charge in [-0.05, 0) is 24.3 Å². The number of benzene rings is 2. The minimum Gasteiger partial charge on any atom is -0.508 e. The van der Waals surface area contributed by atoms with Gasteiger partial charge in [-0.15, -0.1) is 0 Å². The van der Waals surface area contributed by atoms with E-state index in [4.69, 9.17) is 9.52 Å². The molecule has 0 radical (unpaired) electrons. The van der Waals surface area contributed by atoms with Crippen LogP contribution in [-0.4, -0.2) is 16.2 Å². The standard InChI is InChI=1S/C17H8F4O5/c18-11-5-7(16(24)25)1-3-9(11)13-14(23)10-4-2-8(22)6-12(10)26-15(13)17(19,20)21/h1-6,22H,(H,24,25). The summed E-state index contributed by atoms with van der Waals surface area (Å²) in [5, 5.41) is 17.9. The van der Waals surface area contributed by atoms with Gasteiger partial charge in [-0.3, -0.25) is 4.79 Å². The molecule has 0 aliphatic rings. The maximum absolute atomic E-state index is 14.3. The average Bonchev–Trinajstić information content (AvgIpc) is 2.54. The third-order valence-corrected chi connectivity index (χ3v) is 3.62.